The highest BCUT2D eigenvalue weighted by molar-refractivity contribution is 4.92. The second kappa shape index (κ2) is 5.39. The van der Waals surface area contributed by atoms with Gasteiger partial charge in [-0.15, -0.1) is 0 Å². The molecule has 0 saturated carbocycles. The average molecular weight is 346 g/mol. The van der Waals surface area contributed by atoms with Crippen LogP contribution < -0.4 is 0 Å². The first kappa shape index (κ1) is 20.1. The van der Waals surface area contributed by atoms with Crippen LogP contribution in [0.4, 0.5) is 52.7 Å². The van der Waals surface area contributed by atoms with E-state index in [-0.39, 0.29) is 0 Å². The van der Waals surface area contributed by atoms with E-state index in [1.54, 1.807) is 0 Å². The van der Waals surface area contributed by atoms with E-state index in [2.05, 4.69) is 4.74 Å². The summed E-state index contributed by atoms with van der Waals surface area (Å²) in [6, 6.07) is 0. The van der Waals surface area contributed by atoms with Gasteiger partial charge in [-0.05, 0) is 6.92 Å². The van der Waals surface area contributed by atoms with Crippen LogP contribution in [0.2, 0.25) is 0 Å². The first-order valence-electron chi connectivity index (χ1n) is 4.72. The van der Waals surface area contributed by atoms with Crippen LogP contribution in [0.15, 0.2) is 0 Å². The predicted molar refractivity (Wildman–Crippen MR) is 42.4 cm³/mol. The molecule has 0 spiro atoms. The molecule has 128 valence electrons. The fourth-order valence-electron chi connectivity index (χ4n) is 0.800. The summed E-state index contributed by atoms with van der Waals surface area (Å²) in [6.45, 7) is -3.89. The summed E-state index contributed by atoms with van der Waals surface area (Å²) in [6.07, 6.45) is -23.4. The monoisotopic (exact) mass is 346 g/mol. The molecule has 2 unspecified atom stereocenters. The molecule has 21 heavy (non-hydrogen) atoms. The van der Waals surface area contributed by atoms with E-state index in [4.69, 9.17) is 0 Å². The number of halogens is 12. The lowest BCUT2D eigenvalue weighted by atomic mass is 10.1. The first-order chi connectivity index (χ1) is 8.86. The zero-order valence-electron chi connectivity index (χ0n) is 9.73. The molecule has 0 aromatic carbocycles. The molecule has 0 radical (unpaired) electrons. The molecule has 2 atom stereocenters. The summed E-state index contributed by atoms with van der Waals surface area (Å²) in [5, 5.41) is 0. The van der Waals surface area contributed by atoms with Crippen LogP contribution in [-0.2, 0) is 4.74 Å². The predicted octanol–water partition coefficient (Wildman–Crippen LogP) is 4.42. The van der Waals surface area contributed by atoms with Crippen molar-refractivity contribution in [3.63, 3.8) is 0 Å². The minimum absolute atomic E-state index is 0.776. The highest BCUT2D eigenvalue weighted by atomic mass is 19.4. The molecule has 0 aliphatic carbocycles. The smallest absolute Gasteiger partial charge is 0.311 e. The molecular formula is C8H6F12O. The van der Waals surface area contributed by atoms with E-state index < -0.39 is 49.8 Å². The van der Waals surface area contributed by atoms with Crippen LogP contribution in [0.25, 0.3) is 0 Å². The van der Waals surface area contributed by atoms with Gasteiger partial charge in [0.25, 0.3) is 11.8 Å². The van der Waals surface area contributed by atoms with Crippen molar-refractivity contribution < 1.29 is 57.4 Å². The van der Waals surface area contributed by atoms with Gasteiger partial charge in [-0.3, -0.25) is 0 Å². The van der Waals surface area contributed by atoms with Crippen molar-refractivity contribution >= 4 is 0 Å². The minimum atomic E-state index is -6.27. The zero-order chi connectivity index (χ0) is 17.5. The third-order valence-electron chi connectivity index (χ3n) is 2.18. The molecule has 0 aliphatic heterocycles. The van der Waals surface area contributed by atoms with Crippen molar-refractivity contribution in [2.75, 3.05) is 6.61 Å². The third-order valence-corrected chi connectivity index (χ3v) is 2.18. The van der Waals surface area contributed by atoms with Gasteiger partial charge < -0.3 is 4.74 Å². The lowest BCUT2D eigenvalue weighted by Gasteiger charge is -2.32. The van der Waals surface area contributed by atoms with Crippen LogP contribution in [-0.4, -0.2) is 42.8 Å². The van der Waals surface area contributed by atoms with Crippen LogP contribution in [0.3, 0.4) is 0 Å². The van der Waals surface area contributed by atoms with E-state index in [9.17, 15) is 52.7 Å². The maximum Gasteiger partial charge on any atom is 0.430 e. The van der Waals surface area contributed by atoms with E-state index in [1.807, 2.05) is 0 Å². The van der Waals surface area contributed by atoms with Gasteiger partial charge in [-0.1, -0.05) is 0 Å². The molecule has 13 heteroatoms. The molecule has 0 saturated heterocycles. The molecule has 0 aromatic heterocycles. The Morgan fingerprint density at radius 2 is 1.19 bits per heavy atom. The number of hydrogen-bond donors (Lipinski definition) is 0. The molecule has 0 rings (SSSR count). The van der Waals surface area contributed by atoms with Crippen molar-refractivity contribution in [3.8, 4) is 0 Å². The highest BCUT2D eigenvalue weighted by Crippen LogP contribution is 2.46. The Hall–Kier alpha value is -0.880. The summed E-state index contributed by atoms with van der Waals surface area (Å²) in [5.41, 5.74) is -5.47. The van der Waals surface area contributed by atoms with Crippen molar-refractivity contribution in [2.45, 2.75) is 43.1 Å². The average Bonchev–Trinajstić information content (AvgIpc) is 2.22. The van der Waals surface area contributed by atoms with Gasteiger partial charge in [0, 0.05) is 0 Å². The van der Waals surface area contributed by atoms with Crippen molar-refractivity contribution in [3.05, 3.63) is 0 Å². The molecular weight excluding hydrogens is 340 g/mol. The maximum atomic E-state index is 12.8. The van der Waals surface area contributed by atoms with Crippen molar-refractivity contribution in [1.29, 1.82) is 0 Å². The topological polar surface area (TPSA) is 9.23 Å². The van der Waals surface area contributed by atoms with Gasteiger partial charge in [0.15, 0.2) is 0 Å². The SMILES string of the molecule is CC(F)(C(F)(F)F)C(F)(F)OCC(F)(F)C(F)C(F)(F)F. The molecule has 0 heterocycles. The minimum Gasteiger partial charge on any atom is -0.311 e. The highest BCUT2D eigenvalue weighted by Gasteiger charge is 2.70. The van der Waals surface area contributed by atoms with Gasteiger partial charge in [-0.25, -0.2) is 17.6 Å². The standard InChI is InChI=1S/C8H6F12O/c1-4(10,7(16,17)18)8(19,20)21-2-5(11,12)3(9)6(13,14)15/h3H,2H2,1H3. The van der Waals surface area contributed by atoms with Gasteiger partial charge in [0.2, 0.25) is 0 Å². The number of hydrogen-bond acceptors (Lipinski definition) is 1. The quantitative estimate of drug-likeness (QED) is 0.670. The fraction of sp³-hybridized carbons (Fsp3) is 1.00. The summed E-state index contributed by atoms with van der Waals surface area (Å²) in [5.74, 6) is -5.64. The van der Waals surface area contributed by atoms with Crippen LogP contribution in [0.5, 0.6) is 0 Å². The summed E-state index contributed by atoms with van der Waals surface area (Å²) in [4.78, 5) is 0. The van der Waals surface area contributed by atoms with Crippen LogP contribution >= 0.6 is 0 Å². The fourth-order valence-corrected chi connectivity index (χ4v) is 0.800. The van der Waals surface area contributed by atoms with Crippen molar-refractivity contribution in [1.82, 2.24) is 0 Å². The van der Waals surface area contributed by atoms with Gasteiger partial charge in [0.05, 0.1) is 0 Å². The summed E-state index contributed by atoms with van der Waals surface area (Å²) < 4.78 is 149. The Morgan fingerprint density at radius 3 is 1.48 bits per heavy atom. The molecule has 0 amide bonds. The lowest BCUT2D eigenvalue weighted by Crippen LogP contribution is -2.56. The number of alkyl halides is 12. The van der Waals surface area contributed by atoms with E-state index >= 15 is 0 Å². The second-order valence-electron chi connectivity index (χ2n) is 3.97. The van der Waals surface area contributed by atoms with E-state index in [0.717, 1.165) is 0 Å². The van der Waals surface area contributed by atoms with Crippen LogP contribution in [0, 0.1) is 0 Å². The molecule has 0 aliphatic rings. The largest absolute Gasteiger partial charge is 0.430 e. The summed E-state index contributed by atoms with van der Waals surface area (Å²) >= 11 is 0. The lowest BCUT2D eigenvalue weighted by molar-refractivity contribution is -0.389. The molecule has 0 aromatic rings. The van der Waals surface area contributed by atoms with Crippen LogP contribution in [0.1, 0.15) is 6.92 Å². The third kappa shape index (κ3) is 4.30. The van der Waals surface area contributed by atoms with E-state index in [0.29, 0.717) is 0 Å². The zero-order valence-corrected chi connectivity index (χ0v) is 9.73. The molecule has 0 fully saturated rings. The second-order valence-corrected chi connectivity index (χ2v) is 3.97. The number of ether oxygens (including phenoxy) is 1. The maximum absolute atomic E-state index is 12.8. The Bertz CT molecular complexity index is 353. The Morgan fingerprint density at radius 1 is 0.810 bits per heavy atom. The van der Waals surface area contributed by atoms with Gasteiger partial charge in [0.1, 0.15) is 6.61 Å². The Labute approximate surface area is 108 Å². The molecule has 1 nitrogen and oxygen atoms in total. The molecule has 0 N–H and O–H groups in total. The number of rotatable bonds is 5. The van der Waals surface area contributed by atoms with Gasteiger partial charge in [-0.2, -0.15) is 35.1 Å². The van der Waals surface area contributed by atoms with E-state index in [1.165, 1.54) is 0 Å². The normalized spacial score (nSPS) is 19.3. The summed E-state index contributed by atoms with van der Waals surface area (Å²) in [7, 11) is 0. The van der Waals surface area contributed by atoms with Gasteiger partial charge >= 0.3 is 24.4 Å². The Balaban J connectivity index is 5.08. The van der Waals surface area contributed by atoms with Crippen molar-refractivity contribution in [2.24, 2.45) is 0 Å². The molecule has 0 bridgehead atoms. The first-order valence-corrected chi connectivity index (χ1v) is 4.72. The Kier molecular flexibility index (Phi) is 5.17.